The Morgan fingerprint density at radius 3 is 2.88 bits per heavy atom. The lowest BCUT2D eigenvalue weighted by Gasteiger charge is -2.59. The zero-order valence-electron chi connectivity index (χ0n) is 15.7. The average molecular weight is 338 g/mol. The number of hydrogen-bond acceptors (Lipinski definition) is 2. The third kappa shape index (κ3) is 2.22. The molecule has 3 aliphatic carbocycles. The zero-order chi connectivity index (χ0) is 17.1. The highest BCUT2D eigenvalue weighted by molar-refractivity contribution is 5.72. The van der Waals surface area contributed by atoms with Crippen molar-refractivity contribution in [1.29, 1.82) is 0 Å². The molecule has 3 fully saturated rings. The molecule has 1 aromatic rings. The fourth-order valence-electron chi connectivity index (χ4n) is 7.26. The van der Waals surface area contributed by atoms with E-state index in [9.17, 15) is 0 Å². The first kappa shape index (κ1) is 16.1. The van der Waals surface area contributed by atoms with Gasteiger partial charge in [0.25, 0.3) is 0 Å². The Labute approximate surface area is 152 Å². The van der Waals surface area contributed by atoms with Gasteiger partial charge >= 0.3 is 0 Å². The second-order valence-electron chi connectivity index (χ2n) is 9.47. The van der Waals surface area contributed by atoms with Gasteiger partial charge in [0.15, 0.2) is 0 Å². The lowest BCUT2D eigenvalue weighted by atomic mass is 9.47. The van der Waals surface area contributed by atoms with E-state index in [0.29, 0.717) is 16.9 Å². The minimum Gasteiger partial charge on any atom is -0.378 e. The van der Waals surface area contributed by atoms with Crippen molar-refractivity contribution in [3.8, 4) is 0 Å². The number of fused-ring (bicyclic) bond motifs is 5. The highest BCUT2D eigenvalue weighted by Crippen LogP contribution is 2.65. The van der Waals surface area contributed by atoms with Gasteiger partial charge in [-0.2, -0.15) is 0 Å². The number of pyridine rings is 1. The van der Waals surface area contributed by atoms with Crippen molar-refractivity contribution >= 4 is 5.57 Å². The fraction of sp³-hybridized carbons (Fsp3) is 0.696. The van der Waals surface area contributed by atoms with Gasteiger partial charge < -0.3 is 4.74 Å². The van der Waals surface area contributed by atoms with Gasteiger partial charge in [-0.3, -0.25) is 4.98 Å². The molecular weight excluding hydrogens is 306 g/mol. The van der Waals surface area contributed by atoms with Crippen molar-refractivity contribution < 1.29 is 4.74 Å². The molecule has 0 amide bonds. The van der Waals surface area contributed by atoms with E-state index >= 15 is 0 Å². The van der Waals surface area contributed by atoms with Crippen molar-refractivity contribution in [2.24, 2.45) is 28.6 Å². The van der Waals surface area contributed by atoms with E-state index in [0.717, 1.165) is 24.4 Å². The Bertz CT molecular complexity index is 683. The summed E-state index contributed by atoms with van der Waals surface area (Å²) in [6.07, 6.45) is 16.3. The van der Waals surface area contributed by atoms with Crippen LogP contribution in [-0.4, -0.2) is 17.7 Å². The number of hydrogen-bond donors (Lipinski definition) is 0. The maximum absolute atomic E-state index is 6.24. The summed E-state index contributed by atoms with van der Waals surface area (Å²) < 4.78 is 6.24. The van der Waals surface area contributed by atoms with E-state index in [4.69, 9.17) is 4.74 Å². The van der Waals surface area contributed by atoms with Crippen LogP contribution < -0.4 is 0 Å². The first-order valence-electron chi connectivity index (χ1n) is 10.4. The standard InChI is InChI=1S/C23H31NO/c1-22-12-10-20-17(6-9-21-23(20,2)11-4-14-25-21)19(22)8-7-18(22)16-5-3-13-24-15-16/h3,5,7,13,15,17,19-21H,4,6,8-12,14H2,1-2H3/t17?,19-,20-,21?,22+,23+/m0/s1. The predicted molar refractivity (Wildman–Crippen MR) is 101 cm³/mol. The molecule has 25 heavy (non-hydrogen) atoms. The highest BCUT2D eigenvalue weighted by Gasteiger charge is 2.58. The van der Waals surface area contributed by atoms with Crippen molar-refractivity contribution in [2.75, 3.05) is 6.61 Å². The Hall–Kier alpha value is -1.15. The first-order chi connectivity index (χ1) is 12.1. The number of aromatic nitrogens is 1. The smallest absolute Gasteiger partial charge is 0.0631 e. The van der Waals surface area contributed by atoms with Gasteiger partial charge in [0.1, 0.15) is 0 Å². The Morgan fingerprint density at radius 2 is 2.04 bits per heavy atom. The fourth-order valence-corrected chi connectivity index (χ4v) is 7.26. The van der Waals surface area contributed by atoms with E-state index in [-0.39, 0.29) is 0 Å². The maximum atomic E-state index is 6.24. The molecular formula is C23H31NO. The quantitative estimate of drug-likeness (QED) is 0.675. The van der Waals surface area contributed by atoms with Crippen LogP contribution >= 0.6 is 0 Å². The van der Waals surface area contributed by atoms with Crippen molar-refractivity contribution in [2.45, 2.75) is 64.9 Å². The third-order valence-electron chi connectivity index (χ3n) is 8.51. The van der Waals surface area contributed by atoms with Gasteiger partial charge in [0, 0.05) is 19.0 Å². The van der Waals surface area contributed by atoms with E-state index in [1.54, 1.807) is 5.57 Å². The second-order valence-corrected chi connectivity index (χ2v) is 9.47. The van der Waals surface area contributed by atoms with Crippen LogP contribution in [0.1, 0.15) is 64.4 Å². The summed E-state index contributed by atoms with van der Waals surface area (Å²) in [6, 6.07) is 4.34. The molecule has 0 N–H and O–H groups in total. The van der Waals surface area contributed by atoms with Gasteiger partial charge in [-0.25, -0.2) is 0 Å². The SMILES string of the molecule is C[C@]12CCCOC1CCC1[C@@H]2CC[C@]2(C)C(c3cccnc3)=CC[C@@H]12. The number of allylic oxidation sites excluding steroid dienone is 2. The summed E-state index contributed by atoms with van der Waals surface area (Å²) in [7, 11) is 0. The molecule has 6 atom stereocenters. The number of rotatable bonds is 1. The Morgan fingerprint density at radius 1 is 1.12 bits per heavy atom. The van der Waals surface area contributed by atoms with Crippen molar-refractivity contribution in [3.05, 3.63) is 36.2 Å². The zero-order valence-corrected chi connectivity index (χ0v) is 15.7. The molecule has 2 heterocycles. The topological polar surface area (TPSA) is 22.1 Å². The largest absolute Gasteiger partial charge is 0.378 e. The van der Waals surface area contributed by atoms with Gasteiger partial charge in [-0.05, 0) is 90.7 Å². The molecule has 2 heteroatoms. The molecule has 5 rings (SSSR count). The van der Waals surface area contributed by atoms with E-state index in [1.165, 1.54) is 50.5 Å². The van der Waals surface area contributed by atoms with Crippen LogP contribution in [0.4, 0.5) is 0 Å². The summed E-state index contributed by atoms with van der Waals surface area (Å²) in [6.45, 7) is 6.09. The van der Waals surface area contributed by atoms with Gasteiger partial charge in [-0.15, -0.1) is 0 Å². The van der Waals surface area contributed by atoms with Crippen LogP contribution in [-0.2, 0) is 4.74 Å². The molecule has 1 aromatic heterocycles. The molecule has 1 aliphatic heterocycles. The first-order valence-corrected chi connectivity index (χ1v) is 10.4. The summed E-state index contributed by atoms with van der Waals surface area (Å²) in [5, 5.41) is 0. The molecule has 0 radical (unpaired) electrons. The minimum atomic E-state index is 0.350. The van der Waals surface area contributed by atoms with Gasteiger partial charge in [0.05, 0.1) is 6.10 Å². The third-order valence-corrected chi connectivity index (χ3v) is 8.51. The van der Waals surface area contributed by atoms with Crippen molar-refractivity contribution in [1.82, 2.24) is 4.98 Å². The molecule has 2 saturated carbocycles. The van der Waals surface area contributed by atoms with Gasteiger partial charge in [-0.1, -0.05) is 26.0 Å². The van der Waals surface area contributed by atoms with E-state index < -0.39 is 0 Å². The maximum Gasteiger partial charge on any atom is 0.0631 e. The van der Waals surface area contributed by atoms with Crippen LogP contribution in [0, 0.1) is 28.6 Å². The summed E-state index contributed by atoms with van der Waals surface area (Å²) >= 11 is 0. The molecule has 0 bridgehead atoms. The van der Waals surface area contributed by atoms with Crippen molar-refractivity contribution in [3.63, 3.8) is 0 Å². The number of ether oxygens (including phenoxy) is 1. The Kier molecular flexibility index (Phi) is 3.64. The second kappa shape index (κ2) is 5.67. The summed E-state index contributed by atoms with van der Waals surface area (Å²) in [5.74, 6) is 2.57. The number of nitrogens with zero attached hydrogens (tertiary/aromatic N) is 1. The normalized spacial score (nSPS) is 45.9. The average Bonchev–Trinajstić information content (AvgIpc) is 2.99. The van der Waals surface area contributed by atoms with E-state index in [2.05, 4.69) is 43.2 Å². The summed E-state index contributed by atoms with van der Waals surface area (Å²) in [5.41, 5.74) is 3.71. The molecule has 2 nitrogen and oxygen atoms in total. The van der Waals surface area contributed by atoms with Crippen LogP contribution in [0.3, 0.4) is 0 Å². The van der Waals surface area contributed by atoms with Gasteiger partial charge in [0.2, 0.25) is 0 Å². The minimum absolute atomic E-state index is 0.350. The summed E-state index contributed by atoms with van der Waals surface area (Å²) in [4.78, 5) is 4.39. The highest BCUT2D eigenvalue weighted by atomic mass is 16.5. The lowest BCUT2D eigenvalue weighted by molar-refractivity contribution is -0.168. The predicted octanol–water partition coefficient (Wildman–Crippen LogP) is 5.50. The molecule has 134 valence electrons. The van der Waals surface area contributed by atoms with E-state index in [1.807, 2.05) is 6.20 Å². The molecule has 2 unspecified atom stereocenters. The monoisotopic (exact) mass is 337 g/mol. The molecule has 1 saturated heterocycles. The van der Waals surface area contributed by atoms with Crippen LogP contribution in [0.5, 0.6) is 0 Å². The molecule has 0 aromatic carbocycles. The van der Waals surface area contributed by atoms with Crippen LogP contribution in [0.15, 0.2) is 30.6 Å². The van der Waals surface area contributed by atoms with Crippen LogP contribution in [0.2, 0.25) is 0 Å². The lowest BCUT2D eigenvalue weighted by Crippen LogP contribution is -2.55. The van der Waals surface area contributed by atoms with Crippen LogP contribution in [0.25, 0.3) is 5.57 Å². The molecule has 4 aliphatic rings. The Balaban J connectivity index is 1.46. The molecule has 0 spiro atoms.